The third kappa shape index (κ3) is 1.35. The van der Waals surface area contributed by atoms with E-state index in [-0.39, 0.29) is 30.9 Å². The van der Waals surface area contributed by atoms with Crippen LogP contribution in [0.3, 0.4) is 0 Å². The van der Waals surface area contributed by atoms with Gasteiger partial charge in [0, 0.05) is 48.5 Å². The van der Waals surface area contributed by atoms with Crippen molar-refractivity contribution in [3.8, 4) is 0 Å². The monoisotopic (exact) mass is 442 g/mol. The average Bonchev–Trinajstić information content (AvgIpc) is 2.87. The molecule has 1 radical (unpaired) electrons. The molecule has 2 aromatic heterocycles. The van der Waals surface area contributed by atoms with E-state index in [1.807, 2.05) is 18.3 Å². The standard InChI is InChI=1S/C17H17N2.Ir/c1-16(2)13-9-11-7-5-6-8-12(11)15-18-10-14(19(13)15)17(16,3)4;/h5-7,9-10H,1-4H3;/q-1;. The number of rotatable bonds is 0. The second kappa shape index (κ2) is 3.93. The average molecular weight is 442 g/mol. The molecule has 0 fully saturated rings. The maximum absolute atomic E-state index is 4.65. The van der Waals surface area contributed by atoms with Gasteiger partial charge in [-0.25, -0.2) is 0 Å². The Labute approximate surface area is 132 Å². The summed E-state index contributed by atoms with van der Waals surface area (Å²) < 4.78 is 2.33. The molecule has 0 aliphatic carbocycles. The Morgan fingerprint density at radius 2 is 1.80 bits per heavy atom. The molecule has 0 N–H and O–H groups in total. The molecular formula is C17H17IrN2-. The van der Waals surface area contributed by atoms with Crippen LogP contribution in [0.4, 0.5) is 0 Å². The van der Waals surface area contributed by atoms with Gasteiger partial charge in [0.15, 0.2) is 0 Å². The number of hydrogen-bond acceptors (Lipinski definition) is 1. The number of aromatic nitrogens is 2. The van der Waals surface area contributed by atoms with Crippen molar-refractivity contribution < 1.29 is 20.1 Å². The molecule has 1 aliphatic rings. The van der Waals surface area contributed by atoms with Crippen LogP contribution >= 0.6 is 0 Å². The third-order valence-corrected chi connectivity index (χ3v) is 5.25. The summed E-state index contributed by atoms with van der Waals surface area (Å²) in [6, 6.07) is 11.8. The summed E-state index contributed by atoms with van der Waals surface area (Å²) >= 11 is 0. The van der Waals surface area contributed by atoms with Crippen molar-refractivity contribution in [1.29, 1.82) is 0 Å². The molecule has 0 saturated carbocycles. The SMILES string of the molecule is CC1(C)c2cnc3c4[c-]cccc4cc(n23)C1(C)C.[Ir]. The predicted octanol–water partition coefficient (Wildman–Crippen LogP) is 3.85. The zero-order valence-corrected chi connectivity index (χ0v) is 14.5. The third-order valence-electron chi connectivity index (χ3n) is 5.25. The number of hydrogen-bond donors (Lipinski definition) is 0. The molecular weight excluding hydrogens is 424 g/mol. The molecule has 4 rings (SSSR count). The van der Waals surface area contributed by atoms with Gasteiger partial charge in [0.2, 0.25) is 0 Å². The van der Waals surface area contributed by atoms with Gasteiger partial charge in [0.1, 0.15) is 0 Å². The van der Waals surface area contributed by atoms with Crippen LogP contribution in [-0.4, -0.2) is 9.38 Å². The van der Waals surface area contributed by atoms with Gasteiger partial charge in [0.05, 0.1) is 5.65 Å². The van der Waals surface area contributed by atoms with E-state index in [0.717, 1.165) is 11.0 Å². The van der Waals surface area contributed by atoms with Crippen LogP contribution in [0.15, 0.2) is 30.5 Å². The topological polar surface area (TPSA) is 17.3 Å². The maximum Gasteiger partial charge on any atom is 0.0608 e. The van der Waals surface area contributed by atoms with E-state index in [1.54, 1.807) is 0 Å². The van der Waals surface area contributed by atoms with Crippen molar-refractivity contribution in [1.82, 2.24) is 9.38 Å². The van der Waals surface area contributed by atoms with Crippen molar-refractivity contribution in [2.45, 2.75) is 38.5 Å². The van der Waals surface area contributed by atoms with Crippen LogP contribution in [0.5, 0.6) is 0 Å². The van der Waals surface area contributed by atoms with Crippen molar-refractivity contribution in [3.05, 3.63) is 47.9 Å². The van der Waals surface area contributed by atoms with Gasteiger partial charge in [-0.1, -0.05) is 33.8 Å². The molecule has 0 bridgehead atoms. The minimum Gasteiger partial charge on any atom is -0.340 e. The molecule has 1 aliphatic heterocycles. The fourth-order valence-corrected chi connectivity index (χ4v) is 3.29. The number of nitrogens with zero attached hydrogens (tertiary/aromatic N) is 2. The first kappa shape index (κ1) is 13.8. The van der Waals surface area contributed by atoms with Crippen molar-refractivity contribution >= 4 is 16.4 Å². The Hall–Kier alpha value is -1.18. The number of imidazole rings is 1. The van der Waals surface area contributed by atoms with Gasteiger partial charge in [0.25, 0.3) is 0 Å². The Balaban J connectivity index is 0.00000121. The molecule has 3 heteroatoms. The fraction of sp³-hybridized carbons (Fsp3) is 0.353. The normalized spacial score (nSPS) is 18.4. The molecule has 0 atom stereocenters. The van der Waals surface area contributed by atoms with Gasteiger partial charge in [-0.15, -0.1) is 35.0 Å². The second-order valence-corrected chi connectivity index (χ2v) is 6.58. The van der Waals surface area contributed by atoms with Gasteiger partial charge in [-0.3, -0.25) is 4.98 Å². The zero-order chi connectivity index (χ0) is 13.4. The van der Waals surface area contributed by atoms with E-state index < -0.39 is 0 Å². The molecule has 2 nitrogen and oxygen atoms in total. The quantitative estimate of drug-likeness (QED) is 0.485. The minimum atomic E-state index is 0. The Morgan fingerprint density at radius 1 is 1.10 bits per heavy atom. The Bertz CT molecular complexity index is 827. The second-order valence-electron chi connectivity index (χ2n) is 6.58. The smallest absolute Gasteiger partial charge is 0.0608 e. The van der Waals surface area contributed by atoms with Crippen LogP contribution in [0.25, 0.3) is 16.4 Å². The molecule has 1 aromatic carbocycles. The first-order chi connectivity index (χ1) is 8.94. The van der Waals surface area contributed by atoms with Crippen LogP contribution < -0.4 is 0 Å². The fourth-order valence-electron chi connectivity index (χ4n) is 3.29. The molecule has 0 amide bonds. The van der Waals surface area contributed by atoms with Crippen molar-refractivity contribution in [3.63, 3.8) is 0 Å². The molecule has 20 heavy (non-hydrogen) atoms. The van der Waals surface area contributed by atoms with E-state index in [2.05, 4.69) is 55.3 Å². The largest absolute Gasteiger partial charge is 0.340 e. The summed E-state index contributed by atoms with van der Waals surface area (Å²) in [7, 11) is 0. The van der Waals surface area contributed by atoms with E-state index >= 15 is 0 Å². The van der Waals surface area contributed by atoms with Gasteiger partial charge >= 0.3 is 0 Å². The van der Waals surface area contributed by atoms with E-state index in [9.17, 15) is 0 Å². The maximum atomic E-state index is 4.65. The molecule has 0 saturated heterocycles. The molecule has 3 aromatic rings. The van der Waals surface area contributed by atoms with E-state index in [1.165, 1.54) is 16.8 Å². The summed E-state index contributed by atoms with van der Waals surface area (Å²) in [5.74, 6) is 0. The molecule has 0 unspecified atom stereocenters. The van der Waals surface area contributed by atoms with E-state index in [4.69, 9.17) is 0 Å². The van der Waals surface area contributed by atoms with Crippen molar-refractivity contribution in [2.24, 2.45) is 0 Å². The summed E-state index contributed by atoms with van der Waals surface area (Å²) in [5.41, 5.74) is 3.90. The first-order valence-corrected chi connectivity index (χ1v) is 6.76. The van der Waals surface area contributed by atoms with E-state index in [0.29, 0.717) is 0 Å². The van der Waals surface area contributed by atoms with Gasteiger partial charge < -0.3 is 4.40 Å². The Morgan fingerprint density at radius 3 is 2.55 bits per heavy atom. The predicted molar refractivity (Wildman–Crippen MR) is 77.6 cm³/mol. The molecule has 3 heterocycles. The molecule has 105 valence electrons. The summed E-state index contributed by atoms with van der Waals surface area (Å²) in [4.78, 5) is 4.65. The number of fused-ring (bicyclic) bond motifs is 2. The Kier molecular flexibility index (Phi) is 2.71. The first-order valence-electron chi connectivity index (χ1n) is 6.76. The van der Waals surface area contributed by atoms with Crippen LogP contribution in [0, 0.1) is 6.07 Å². The summed E-state index contributed by atoms with van der Waals surface area (Å²) in [6.45, 7) is 9.27. The minimum absolute atomic E-state index is 0. The number of pyridine rings is 1. The zero-order valence-electron chi connectivity index (χ0n) is 12.1. The van der Waals surface area contributed by atoms with Crippen LogP contribution in [-0.2, 0) is 30.9 Å². The number of benzene rings is 1. The van der Waals surface area contributed by atoms with Gasteiger partial charge in [-0.2, -0.15) is 0 Å². The summed E-state index contributed by atoms with van der Waals surface area (Å²) in [6.07, 6.45) is 2.04. The molecule has 0 spiro atoms. The van der Waals surface area contributed by atoms with Crippen LogP contribution in [0.1, 0.15) is 39.1 Å². The van der Waals surface area contributed by atoms with Crippen LogP contribution in [0.2, 0.25) is 0 Å². The summed E-state index contributed by atoms with van der Waals surface area (Å²) in [5, 5.41) is 2.35. The van der Waals surface area contributed by atoms with Gasteiger partial charge in [-0.05, 0) is 0 Å². The van der Waals surface area contributed by atoms with Crippen molar-refractivity contribution in [2.75, 3.05) is 0 Å².